The molecule has 1 amide bonds. The summed E-state index contributed by atoms with van der Waals surface area (Å²) < 4.78 is 5.25. The molecular formula is C11H18N4O2. The lowest BCUT2D eigenvalue weighted by atomic mass is 10.4. The van der Waals surface area contributed by atoms with E-state index in [2.05, 4.69) is 27.1 Å². The number of hydrogen-bond donors (Lipinski definition) is 2. The van der Waals surface area contributed by atoms with Crippen molar-refractivity contribution in [3.05, 3.63) is 24.3 Å². The van der Waals surface area contributed by atoms with Gasteiger partial charge in [0, 0.05) is 13.0 Å². The van der Waals surface area contributed by atoms with Gasteiger partial charge >= 0.3 is 0 Å². The van der Waals surface area contributed by atoms with Crippen LogP contribution in [0, 0.1) is 0 Å². The van der Waals surface area contributed by atoms with Crippen molar-refractivity contribution in [2.45, 2.75) is 19.8 Å². The average molecular weight is 238 g/mol. The van der Waals surface area contributed by atoms with Gasteiger partial charge < -0.3 is 10.1 Å². The van der Waals surface area contributed by atoms with E-state index in [4.69, 9.17) is 4.74 Å². The Morgan fingerprint density at radius 3 is 3.06 bits per heavy atom. The molecule has 0 atom stereocenters. The second-order valence-electron chi connectivity index (χ2n) is 3.40. The maximum Gasteiger partial charge on any atom is 0.291 e. The molecule has 0 radical (unpaired) electrons. The van der Waals surface area contributed by atoms with Crippen molar-refractivity contribution in [2.75, 3.05) is 19.8 Å². The van der Waals surface area contributed by atoms with Crippen molar-refractivity contribution in [3.63, 3.8) is 0 Å². The van der Waals surface area contributed by atoms with Gasteiger partial charge in [-0.1, -0.05) is 13.0 Å². The van der Waals surface area contributed by atoms with Crippen LogP contribution in [0.2, 0.25) is 0 Å². The molecule has 2 N–H and O–H groups in total. The first-order valence-electron chi connectivity index (χ1n) is 5.66. The summed E-state index contributed by atoms with van der Waals surface area (Å²) >= 11 is 0. The zero-order chi connectivity index (χ0) is 12.5. The minimum atomic E-state index is -0.284. The Morgan fingerprint density at radius 2 is 2.41 bits per heavy atom. The van der Waals surface area contributed by atoms with Gasteiger partial charge in [0.25, 0.3) is 5.91 Å². The van der Waals surface area contributed by atoms with Crippen molar-refractivity contribution < 1.29 is 9.53 Å². The Hall–Kier alpha value is -1.69. The van der Waals surface area contributed by atoms with E-state index in [1.807, 2.05) is 6.92 Å². The first kappa shape index (κ1) is 13.4. The van der Waals surface area contributed by atoms with Crippen LogP contribution in [-0.4, -0.2) is 40.8 Å². The summed E-state index contributed by atoms with van der Waals surface area (Å²) in [6.07, 6.45) is 3.33. The molecule has 0 saturated heterocycles. The van der Waals surface area contributed by atoms with E-state index < -0.39 is 0 Å². The molecule has 17 heavy (non-hydrogen) atoms. The van der Waals surface area contributed by atoms with E-state index in [0.29, 0.717) is 25.6 Å². The van der Waals surface area contributed by atoms with Crippen LogP contribution in [0.25, 0.3) is 0 Å². The van der Waals surface area contributed by atoms with Gasteiger partial charge in [-0.3, -0.25) is 9.89 Å². The minimum Gasteiger partial charge on any atom is -0.379 e. The molecule has 0 aliphatic carbocycles. The summed E-state index contributed by atoms with van der Waals surface area (Å²) in [6, 6.07) is 0. The lowest BCUT2D eigenvalue weighted by Crippen LogP contribution is -2.28. The lowest BCUT2D eigenvalue weighted by molar-refractivity contribution is 0.0908. The number of aromatic nitrogens is 3. The quantitative estimate of drug-likeness (QED) is 0.516. The van der Waals surface area contributed by atoms with Crippen molar-refractivity contribution in [1.82, 2.24) is 20.5 Å². The van der Waals surface area contributed by atoms with Gasteiger partial charge in [0.15, 0.2) is 0 Å². The highest BCUT2D eigenvalue weighted by Gasteiger charge is 2.10. The zero-order valence-corrected chi connectivity index (χ0v) is 10.0. The minimum absolute atomic E-state index is 0.174. The maximum atomic E-state index is 11.5. The number of nitrogens with one attached hydrogen (secondary N) is 2. The first-order valence-corrected chi connectivity index (χ1v) is 5.66. The van der Waals surface area contributed by atoms with Gasteiger partial charge in [-0.15, -0.1) is 11.7 Å². The molecule has 6 heteroatoms. The third kappa shape index (κ3) is 4.78. The molecule has 1 rings (SSSR count). The predicted molar refractivity (Wildman–Crippen MR) is 63.7 cm³/mol. The molecule has 1 heterocycles. The van der Waals surface area contributed by atoms with Crippen LogP contribution in [0.4, 0.5) is 0 Å². The number of carbonyl (C=O) groups is 1. The summed E-state index contributed by atoms with van der Waals surface area (Å²) in [5.41, 5.74) is 0. The van der Waals surface area contributed by atoms with Crippen molar-refractivity contribution >= 4 is 5.91 Å². The molecule has 0 aliphatic rings. The molecule has 0 aliphatic heterocycles. The molecule has 6 nitrogen and oxygen atoms in total. The molecule has 94 valence electrons. The summed E-state index contributed by atoms with van der Waals surface area (Å²) in [4.78, 5) is 15.6. The molecule has 1 aromatic rings. The first-order chi connectivity index (χ1) is 8.27. The molecule has 0 fully saturated rings. The Balaban J connectivity index is 2.18. The van der Waals surface area contributed by atoms with Gasteiger partial charge in [0.05, 0.1) is 13.2 Å². The summed E-state index contributed by atoms with van der Waals surface area (Å²) in [6.45, 7) is 7.08. The number of H-pyrrole nitrogens is 1. The molecular weight excluding hydrogens is 220 g/mol. The van der Waals surface area contributed by atoms with Gasteiger partial charge in [0.1, 0.15) is 5.82 Å². The highest BCUT2D eigenvalue weighted by atomic mass is 16.5. The van der Waals surface area contributed by atoms with Crippen LogP contribution < -0.4 is 5.32 Å². The van der Waals surface area contributed by atoms with Gasteiger partial charge in [0.2, 0.25) is 5.82 Å². The molecule has 0 unspecified atom stereocenters. The van der Waals surface area contributed by atoms with E-state index in [9.17, 15) is 4.79 Å². The summed E-state index contributed by atoms with van der Waals surface area (Å²) in [5, 5.41) is 9.18. The van der Waals surface area contributed by atoms with Crippen LogP contribution in [0.1, 0.15) is 29.8 Å². The number of nitrogens with zero attached hydrogens (tertiary/aromatic N) is 2. The highest BCUT2D eigenvalue weighted by Crippen LogP contribution is 1.93. The number of rotatable bonds is 8. The fraction of sp³-hybridized carbons (Fsp3) is 0.545. The number of amides is 1. The van der Waals surface area contributed by atoms with E-state index in [1.54, 1.807) is 6.08 Å². The second kappa shape index (κ2) is 7.56. The van der Waals surface area contributed by atoms with Gasteiger partial charge in [-0.05, 0) is 6.42 Å². The third-order valence-corrected chi connectivity index (χ3v) is 2.07. The Labute approximate surface area is 100 Å². The third-order valence-electron chi connectivity index (χ3n) is 2.07. The molecule has 0 bridgehead atoms. The largest absolute Gasteiger partial charge is 0.379 e. The molecule has 0 saturated carbocycles. The zero-order valence-electron chi connectivity index (χ0n) is 10.0. The Bertz CT molecular complexity index is 362. The summed E-state index contributed by atoms with van der Waals surface area (Å²) in [7, 11) is 0. The number of ether oxygens (including phenoxy) is 1. The van der Waals surface area contributed by atoms with Crippen LogP contribution >= 0.6 is 0 Å². The van der Waals surface area contributed by atoms with Crippen LogP contribution in [0.5, 0.6) is 0 Å². The topological polar surface area (TPSA) is 79.9 Å². The van der Waals surface area contributed by atoms with E-state index in [1.165, 1.54) is 0 Å². The normalized spacial score (nSPS) is 10.2. The highest BCUT2D eigenvalue weighted by molar-refractivity contribution is 5.90. The monoisotopic (exact) mass is 238 g/mol. The predicted octanol–water partition coefficient (Wildman–Crippen LogP) is 0.690. The lowest BCUT2D eigenvalue weighted by Gasteiger charge is -2.03. The Morgan fingerprint density at radius 1 is 1.59 bits per heavy atom. The Kier molecular flexibility index (Phi) is 5.95. The average Bonchev–Trinajstić information content (AvgIpc) is 2.82. The fourth-order valence-corrected chi connectivity index (χ4v) is 1.14. The standard InChI is InChI=1S/C11H18N4O2/c1-3-5-7-17-8-6-12-11(16)10-13-9(4-2)14-15-10/h3H,1,4-8H2,2H3,(H,12,16)(H,13,14,15). The van der Waals surface area contributed by atoms with Gasteiger partial charge in [-0.2, -0.15) is 0 Å². The van der Waals surface area contributed by atoms with Crippen molar-refractivity contribution in [1.29, 1.82) is 0 Å². The number of aryl methyl sites for hydroxylation is 1. The summed E-state index contributed by atoms with van der Waals surface area (Å²) in [5.74, 6) is 0.596. The van der Waals surface area contributed by atoms with Crippen molar-refractivity contribution in [3.8, 4) is 0 Å². The van der Waals surface area contributed by atoms with E-state index in [0.717, 1.165) is 12.8 Å². The van der Waals surface area contributed by atoms with Crippen LogP contribution in [0.15, 0.2) is 12.7 Å². The maximum absolute atomic E-state index is 11.5. The van der Waals surface area contributed by atoms with Crippen molar-refractivity contribution in [2.24, 2.45) is 0 Å². The fourth-order valence-electron chi connectivity index (χ4n) is 1.14. The number of carbonyl (C=O) groups excluding carboxylic acids is 1. The molecule has 0 aromatic carbocycles. The SMILES string of the molecule is C=CCCOCCNC(=O)c1n[nH]c(CC)n1. The van der Waals surface area contributed by atoms with Crippen LogP contribution in [0.3, 0.4) is 0 Å². The van der Waals surface area contributed by atoms with E-state index >= 15 is 0 Å². The smallest absolute Gasteiger partial charge is 0.291 e. The second-order valence-corrected chi connectivity index (χ2v) is 3.40. The number of hydrogen-bond acceptors (Lipinski definition) is 4. The number of aromatic amines is 1. The van der Waals surface area contributed by atoms with Gasteiger partial charge in [-0.25, -0.2) is 4.98 Å². The van der Waals surface area contributed by atoms with E-state index in [-0.39, 0.29) is 11.7 Å². The molecule has 0 spiro atoms. The van der Waals surface area contributed by atoms with Crippen LogP contribution in [-0.2, 0) is 11.2 Å². The molecule has 1 aromatic heterocycles.